The molecule has 0 fully saturated rings. The number of halogens is 1. The zero-order valence-corrected chi connectivity index (χ0v) is 9.52. The second-order valence-corrected chi connectivity index (χ2v) is 3.69. The predicted octanol–water partition coefficient (Wildman–Crippen LogP) is 2.83. The molecule has 2 rings (SSSR count). The van der Waals surface area contributed by atoms with E-state index in [4.69, 9.17) is 5.11 Å². The number of carboxylic acids is 1. The third-order valence-corrected chi connectivity index (χ3v) is 2.88. The maximum absolute atomic E-state index is 10.9. The number of carbonyl (C=O) groups is 1. The van der Waals surface area contributed by atoms with Gasteiger partial charge in [-0.3, -0.25) is 0 Å². The zero-order valence-electron chi connectivity index (χ0n) is 8.70. The molecule has 0 unspecified atom stereocenters. The van der Waals surface area contributed by atoms with Crippen LogP contribution in [0.2, 0.25) is 0 Å². The third kappa shape index (κ3) is 1.77. The van der Waals surface area contributed by atoms with E-state index < -0.39 is 5.97 Å². The molecule has 0 atom stereocenters. The van der Waals surface area contributed by atoms with Crippen molar-refractivity contribution in [3.8, 4) is 0 Å². The summed E-state index contributed by atoms with van der Waals surface area (Å²) >= 11 is 0. The third-order valence-electron chi connectivity index (χ3n) is 2.88. The Labute approximate surface area is 95.0 Å². The van der Waals surface area contributed by atoms with E-state index in [2.05, 4.69) is 0 Å². The van der Waals surface area contributed by atoms with Gasteiger partial charge in [0, 0.05) is 12.0 Å². The molecule has 1 aliphatic carbocycles. The zero-order chi connectivity index (χ0) is 10.3. The van der Waals surface area contributed by atoms with Gasteiger partial charge in [0.05, 0.1) is 0 Å². The van der Waals surface area contributed by atoms with Crippen LogP contribution in [0.3, 0.4) is 0 Å². The summed E-state index contributed by atoms with van der Waals surface area (Å²) in [4.78, 5) is 10.9. The van der Waals surface area contributed by atoms with Crippen LogP contribution in [-0.4, -0.2) is 11.1 Å². The molecule has 80 valence electrons. The first-order chi connectivity index (χ1) is 6.61. The standard InChI is InChI=1S/C12H12O2.ClH/c1-7-4-3-5-9-8(2)11(12(13)14)6-10(7)9;/h3-5H,6H2,1-2H3,(H,13,14);1H. The van der Waals surface area contributed by atoms with E-state index in [1.807, 2.05) is 32.0 Å². The average molecular weight is 225 g/mol. The fourth-order valence-electron chi connectivity index (χ4n) is 2.00. The molecule has 0 saturated carbocycles. The molecule has 3 heteroatoms. The van der Waals surface area contributed by atoms with Crippen molar-refractivity contribution in [1.29, 1.82) is 0 Å². The minimum absolute atomic E-state index is 0. The van der Waals surface area contributed by atoms with Gasteiger partial charge in [-0.2, -0.15) is 0 Å². The highest BCUT2D eigenvalue weighted by Crippen LogP contribution is 2.34. The number of carboxylic acid groups (broad SMARTS) is 1. The first-order valence-electron chi connectivity index (χ1n) is 4.63. The van der Waals surface area contributed by atoms with E-state index in [1.54, 1.807) is 0 Å². The molecule has 0 amide bonds. The number of hydrogen-bond donors (Lipinski definition) is 1. The number of benzene rings is 1. The van der Waals surface area contributed by atoms with Crippen LogP contribution in [0.1, 0.15) is 23.6 Å². The normalized spacial score (nSPS) is 13.5. The molecule has 1 aromatic rings. The quantitative estimate of drug-likeness (QED) is 0.797. The maximum atomic E-state index is 10.9. The van der Waals surface area contributed by atoms with Crippen molar-refractivity contribution in [2.75, 3.05) is 0 Å². The Kier molecular flexibility index (Phi) is 3.20. The molecule has 0 spiro atoms. The van der Waals surface area contributed by atoms with Gasteiger partial charge >= 0.3 is 5.97 Å². The average Bonchev–Trinajstić information content (AvgIpc) is 2.46. The fourth-order valence-corrected chi connectivity index (χ4v) is 2.00. The number of allylic oxidation sites excluding steroid dienone is 1. The fraction of sp³-hybridized carbons (Fsp3) is 0.250. The van der Waals surface area contributed by atoms with Crippen LogP contribution in [0.25, 0.3) is 5.57 Å². The van der Waals surface area contributed by atoms with Crippen LogP contribution < -0.4 is 0 Å². The smallest absolute Gasteiger partial charge is 0.332 e. The van der Waals surface area contributed by atoms with Gasteiger partial charge in [0.2, 0.25) is 0 Å². The van der Waals surface area contributed by atoms with Crippen molar-refractivity contribution in [2.45, 2.75) is 20.3 Å². The number of hydrogen-bond acceptors (Lipinski definition) is 1. The van der Waals surface area contributed by atoms with E-state index in [1.165, 1.54) is 11.1 Å². The molecule has 0 radical (unpaired) electrons. The Bertz CT molecular complexity index is 447. The lowest BCUT2D eigenvalue weighted by Gasteiger charge is -2.03. The molecule has 0 aliphatic heterocycles. The first kappa shape index (κ1) is 11.8. The Balaban J connectivity index is 0.00000112. The highest BCUT2D eigenvalue weighted by Gasteiger charge is 2.23. The molecular formula is C12H13ClO2. The second-order valence-electron chi connectivity index (χ2n) is 3.69. The van der Waals surface area contributed by atoms with Crippen LogP contribution in [0, 0.1) is 6.92 Å². The molecule has 0 heterocycles. The van der Waals surface area contributed by atoms with Gasteiger partial charge < -0.3 is 5.11 Å². The van der Waals surface area contributed by atoms with Crippen molar-refractivity contribution in [2.24, 2.45) is 0 Å². The summed E-state index contributed by atoms with van der Waals surface area (Å²) in [5, 5.41) is 8.99. The Morgan fingerprint density at radius 3 is 2.53 bits per heavy atom. The molecule has 1 N–H and O–H groups in total. The number of rotatable bonds is 1. The molecule has 2 nitrogen and oxygen atoms in total. The summed E-state index contributed by atoms with van der Waals surface area (Å²) < 4.78 is 0. The van der Waals surface area contributed by atoms with Gasteiger partial charge in [-0.05, 0) is 36.1 Å². The maximum Gasteiger partial charge on any atom is 0.332 e. The summed E-state index contributed by atoms with van der Waals surface area (Å²) in [6, 6.07) is 5.99. The van der Waals surface area contributed by atoms with Crippen LogP contribution in [0.4, 0.5) is 0 Å². The first-order valence-corrected chi connectivity index (χ1v) is 4.63. The van der Waals surface area contributed by atoms with E-state index in [0.29, 0.717) is 12.0 Å². The van der Waals surface area contributed by atoms with E-state index in [0.717, 1.165) is 11.1 Å². The van der Waals surface area contributed by atoms with Crippen molar-refractivity contribution in [3.63, 3.8) is 0 Å². The van der Waals surface area contributed by atoms with E-state index in [9.17, 15) is 4.79 Å². The molecule has 0 saturated heterocycles. The topological polar surface area (TPSA) is 37.3 Å². The molecule has 1 aromatic carbocycles. The van der Waals surface area contributed by atoms with Crippen LogP contribution in [0.15, 0.2) is 23.8 Å². The minimum atomic E-state index is -0.793. The summed E-state index contributed by atoms with van der Waals surface area (Å²) in [6.45, 7) is 3.91. The molecule has 0 bridgehead atoms. The van der Waals surface area contributed by atoms with Crippen LogP contribution in [-0.2, 0) is 11.2 Å². The summed E-state index contributed by atoms with van der Waals surface area (Å²) in [5.41, 5.74) is 4.90. The Morgan fingerprint density at radius 2 is 2.00 bits per heavy atom. The summed E-state index contributed by atoms with van der Waals surface area (Å²) in [5.74, 6) is -0.793. The monoisotopic (exact) mass is 224 g/mol. The number of fused-ring (bicyclic) bond motifs is 1. The van der Waals surface area contributed by atoms with Crippen molar-refractivity contribution in [3.05, 3.63) is 40.5 Å². The van der Waals surface area contributed by atoms with Gasteiger partial charge in [-0.25, -0.2) is 4.79 Å². The van der Waals surface area contributed by atoms with E-state index in [-0.39, 0.29) is 12.4 Å². The van der Waals surface area contributed by atoms with Gasteiger partial charge in [-0.1, -0.05) is 18.2 Å². The van der Waals surface area contributed by atoms with Crippen LogP contribution >= 0.6 is 12.4 Å². The minimum Gasteiger partial charge on any atom is -0.478 e. The van der Waals surface area contributed by atoms with Crippen LogP contribution in [0.5, 0.6) is 0 Å². The van der Waals surface area contributed by atoms with Crippen molar-refractivity contribution < 1.29 is 9.90 Å². The van der Waals surface area contributed by atoms with Crippen molar-refractivity contribution >= 4 is 23.9 Å². The van der Waals surface area contributed by atoms with Gasteiger partial charge in [0.25, 0.3) is 0 Å². The van der Waals surface area contributed by atoms with Gasteiger partial charge in [-0.15, -0.1) is 12.4 Å². The summed E-state index contributed by atoms with van der Waals surface area (Å²) in [6.07, 6.45) is 0.573. The highest BCUT2D eigenvalue weighted by atomic mass is 35.5. The van der Waals surface area contributed by atoms with Gasteiger partial charge in [0.15, 0.2) is 0 Å². The Hall–Kier alpha value is -1.28. The van der Waals surface area contributed by atoms with E-state index >= 15 is 0 Å². The largest absolute Gasteiger partial charge is 0.478 e. The lowest BCUT2D eigenvalue weighted by Crippen LogP contribution is -2.01. The highest BCUT2D eigenvalue weighted by molar-refractivity contribution is 5.99. The summed E-state index contributed by atoms with van der Waals surface area (Å²) in [7, 11) is 0. The predicted molar refractivity (Wildman–Crippen MR) is 62.4 cm³/mol. The lowest BCUT2D eigenvalue weighted by molar-refractivity contribution is -0.132. The number of aliphatic carboxylic acids is 1. The lowest BCUT2D eigenvalue weighted by atomic mass is 10.0. The number of aryl methyl sites for hydroxylation is 1. The molecular weight excluding hydrogens is 212 g/mol. The van der Waals surface area contributed by atoms with Gasteiger partial charge in [0.1, 0.15) is 0 Å². The SMILES string of the molecule is CC1=C(C(=O)O)Cc2c(C)cccc21.Cl. The Morgan fingerprint density at radius 1 is 1.33 bits per heavy atom. The van der Waals surface area contributed by atoms with Crippen molar-refractivity contribution in [1.82, 2.24) is 0 Å². The second kappa shape index (κ2) is 4.07. The molecule has 0 aromatic heterocycles. The molecule has 1 aliphatic rings. The molecule has 15 heavy (non-hydrogen) atoms.